The molecule has 1 aliphatic carbocycles. The van der Waals surface area contributed by atoms with Gasteiger partial charge in [-0.2, -0.15) is 0 Å². The number of ketones is 1. The first-order chi connectivity index (χ1) is 10.3. The highest BCUT2D eigenvalue weighted by atomic mass is 16.5. The van der Waals surface area contributed by atoms with E-state index in [2.05, 4.69) is 6.07 Å². The molecule has 0 aromatic heterocycles. The van der Waals surface area contributed by atoms with Crippen molar-refractivity contribution in [3.8, 4) is 5.75 Å². The van der Waals surface area contributed by atoms with Crippen molar-refractivity contribution in [2.24, 2.45) is 5.92 Å². The molecule has 3 nitrogen and oxygen atoms in total. The van der Waals surface area contributed by atoms with E-state index < -0.39 is 0 Å². The van der Waals surface area contributed by atoms with Crippen LogP contribution in [-0.4, -0.2) is 24.1 Å². The molecule has 1 aromatic rings. The van der Waals surface area contributed by atoms with Crippen LogP contribution in [0.5, 0.6) is 5.75 Å². The number of carbonyl (C=O) groups is 1. The third-order valence-corrected chi connectivity index (χ3v) is 5.37. The van der Waals surface area contributed by atoms with Gasteiger partial charge in [0, 0.05) is 18.9 Å². The van der Waals surface area contributed by atoms with Gasteiger partial charge in [-0.25, -0.2) is 0 Å². The van der Waals surface area contributed by atoms with Crippen molar-refractivity contribution in [1.82, 2.24) is 0 Å². The minimum Gasteiger partial charge on any atom is -0.482 e. The van der Waals surface area contributed by atoms with Crippen molar-refractivity contribution in [2.75, 3.05) is 6.61 Å². The second-order valence-corrected chi connectivity index (χ2v) is 6.75. The van der Waals surface area contributed by atoms with E-state index >= 15 is 0 Å². The highest BCUT2D eigenvalue weighted by Gasteiger charge is 2.44. The van der Waals surface area contributed by atoms with Gasteiger partial charge < -0.3 is 9.47 Å². The first-order valence-corrected chi connectivity index (χ1v) is 8.18. The van der Waals surface area contributed by atoms with Crippen LogP contribution < -0.4 is 4.74 Å². The smallest absolute Gasteiger partial charge is 0.176 e. The van der Waals surface area contributed by atoms with Crippen molar-refractivity contribution >= 4 is 5.78 Å². The fraction of sp³-hybridized carbons (Fsp3) is 0.611. The number of hydrogen-bond donors (Lipinski definition) is 0. The molecule has 21 heavy (non-hydrogen) atoms. The van der Waals surface area contributed by atoms with E-state index in [1.54, 1.807) is 0 Å². The zero-order chi connectivity index (χ0) is 14.3. The van der Waals surface area contributed by atoms with Crippen molar-refractivity contribution < 1.29 is 14.3 Å². The first-order valence-electron chi connectivity index (χ1n) is 8.18. The molecule has 2 heterocycles. The summed E-state index contributed by atoms with van der Waals surface area (Å²) >= 11 is 0. The summed E-state index contributed by atoms with van der Waals surface area (Å²) in [5.41, 5.74) is 1.17. The van der Waals surface area contributed by atoms with Gasteiger partial charge in [0.15, 0.2) is 11.9 Å². The number of fused-ring (bicyclic) bond motifs is 1. The molecule has 1 aromatic carbocycles. The average Bonchev–Trinajstić information content (AvgIpc) is 3.13. The van der Waals surface area contributed by atoms with E-state index in [1.807, 2.05) is 18.2 Å². The van der Waals surface area contributed by atoms with Gasteiger partial charge in [0.1, 0.15) is 5.75 Å². The van der Waals surface area contributed by atoms with Crippen LogP contribution in [0.3, 0.4) is 0 Å². The molecular formula is C18H22O3. The summed E-state index contributed by atoms with van der Waals surface area (Å²) in [7, 11) is 0. The highest BCUT2D eigenvalue weighted by molar-refractivity contribution is 5.87. The van der Waals surface area contributed by atoms with Crippen LogP contribution in [0.1, 0.15) is 44.1 Å². The largest absolute Gasteiger partial charge is 0.482 e. The Balaban J connectivity index is 1.46. The standard InChI is InChI=1S/C18H22O3/c19-17(16-11-13-5-1-2-6-15(13)21-16)14-7-10-20-18(12-14)8-3-4-9-18/h1-2,5-6,14,16H,3-4,7-12H2. The van der Waals surface area contributed by atoms with Crippen LogP contribution in [0.25, 0.3) is 0 Å². The molecule has 0 bridgehead atoms. The first kappa shape index (κ1) is 13.3. The van der Waals surface area contributed by atoms with Crippen molar-refractivity contribution in [3.05, 3.63) is 29.8 Å². The molecule has 3 aliphatic rings. The van der Waals surface area contributed by atoms with Gasteiger partial charge in [-0.05, 0) is 37.3 Å². The summed E-state index contributed by atoms with van der Waals surface area (Å²) in [5.74, 6) is 1.30. The van der Waals surface area contributed by atoms with E-state index in [1.165, 1.54) is 18.4 Å². The third-order valence-electron chi connectivity index (χ3n) is 5.37. The summed E-state index contributed by atoms with van der Waals surface area (Å²) in [6.45, 7) is 0.732. The number of rotatable bonds is 2. The van der Waals surface area contributed by atoms with Crippen LogP contribution in [-0.2, 0) is 16.0 Å². The Morgan fingerprint density at radius 3 is 2.81 bits per heavy atom. The molecule has 4 rings (SSSR count). The molecule has 2 fully saturated rings. The molecule has 1 saturated heterocycles. The van der Waals surface area contributed by atoms with Crippen molar-refractivity contribution in [3.63, 3.8) is 0 Å². The molecule has 112 valence electrons. The summed E-state index contributed by atoms with van der Waals surface area (Å²) < 4.78 is 11.9. The SMILES string of the molecule is O=C(C1CCOC2(CCCC2)C1)C1Cc2ccccc2O1. The maximum absolute atomic E-state index is 12.8. The number of para-hydroxylation sites is 1. The van der Waals surface area contributed by atoms with E-state index in [-0.39, 0.29) is 17.6 Å². The van der Waals surface area contributed by atoms with Gasteiger partial charge in [0.25, 0.3) is 0 Å². The number of Topliss-reactive ketones (excluding diaryl/α,β-unsaturated/α-hetero) is 1. The van der Waals surface area contributed by atoms with Gasteiger partial charge in [0.2, 0.25) is 0 Å². The Kier molecular flexibility index (Phi) is 3.26. The minimum atomic E-state index is -0.274. The molecular weight excluding hydrogens is 264 g/mol. The van der Waals surface area contributed by atoms with Crippen LogP contribution >= 0.6 is 0 Å². The summed E-state index contributed by atoms with van der Waals surface area (Å²) in [6.07, 6.45) is 6.96. The predicted octanol–water partition coefficient (Wildman–Crippen LogP) is 3.30. The van der Waals surface area contributed by atoms with Crippen LogP contribution in [0, 0.1) is 5.92 Å². The minimum absolute atomic E-state index is 0.00400. The Morgan fingerprint density at radius 2 is 2.00 bits per heavy atom. The molecule has 0 amide bonds. The van der Waals surface area contributed by atoms with Crippen LogP contribution in [0.2, 0.25) is 0 Å². The molecule has 1 saturated carbocycles. The number of benzene rings is 1. The van der Waals surface area contributed by atoms with E-state index in [0.29, 0.717) is 5.78 Å². The fourth-order valence-electron chi connectivity index (χ4n) is 4.24. The molecule has 1 spiro atoms. The van der Waals surface area contributed by atoms with Crippen molar-refractivity contribution in [1.29, 1.82) is 0 Å². The molecule has 0 N–H and O–H groups in total. The number of ether oxygens (including phenoxy) is 2. The average molecular weight is 286 g/mol. The Morgan fingerprint density at radius 1 is 1.19 bits per heavy atom. The van der Waals surface area contributed by atoms with E-state index in [0.717, 1.165) is 44.5 Å². The van der Waals surface area contributed by atoms with Gasteiger partial charge in [0.05, 0.1) is 5.60 Å². The van der Waals surface area contributed by atoms with Gasteiger partial charge in [-0.3, -0.25) is 4.79 Å². The topological polar surface area (TPSA) is 35.5 Å². The number of hydrogen-bond acceptors (Lipinski definition) is 3. The summed E-state index contributed by atoms with van der Waals surface area (Å²) in [6, 6.07) is 8.00. The maximum atomic E-state index is 12.8. The lowest BCUT2D eigenvalue weighted by Gasteiger charge is -2.38. The Hall–Kier alpha value is -1.35. The Labute approximate surface area is 125 Å². The lowest BCUT2D eigenvalue weighted by atomic mass is 9.80. The zero-order valence-corrected chi connectivity index (χ0v) is 12.3. The zero-order valence-electron chi connectivity index (χ0n) is 12.3. The fourth-order valence-corrected chi connectivity index (χ4v) is 4.24. The molecule has 0 radical (unpaired) electrons. The van der Waals surface area contributed by atoms with Crippen LogP contribution in [0.15, 0.2) is 24.3 Å². The monoisotopic (exact) mass is 286 g/mol. The second-order valence-electron chi connectivity index (χ2n) is 6.75. The van der Waals surface area contributed by atoms with E-state index in [9.17, 15) is 4.79 Å². The summed E-state index contributed by atoms with van der Waals surface area (Å²) in [5, 5.41) is 0. The third kappa shape index (κ3) is 2.38. The maximum Gasteiger partial charge on any atom is 0.176 e. The van der Waals surface area contributed by atoms with Gasteiger partial charge >= 0.3 is 0 Å². The molecule has 2 unspecified atom stereocenters. The number of carbonyl (C=O) groups excluding carboxylic acids is 1. The molecule has 3 heteroatoms. The van der Waals surface area contributed by atoms with Gasteiger partial charge in [-0.1, -0.05) is 31.0 Å². The highest BCUT2D eigenvalue weighted by Crippen LogP contribution is 2.43. The lowest BCUT2D eigenvalue weighted by Crippen LogP contribution is -2.43. The normalized spacial score (nSPS) is 30.1. The van der Waals surface area contributed by atoms with E-state index in [4.69, 9.17) is 9.47 Å². The predicted molar refractivity (Wildman–Crippen MR) is 79.4 cm³/mol. The van der Waals surface area contributed by atoms with Crippen molar-refractivity contribution in [2.45, 2.75) is 56.7 Å². The Bertz CT molecular complexity index is 520. The lowest BCUT2D eigenvalue weighted by molar-refractivity contribution is -0.142. The van der Waals surface area contributed by atoms with Gasteiger partial charge in [-0.15, -0.1) is 0 Å². The van der Waals surface area contributed by atoms with Crippen LogP contribution in [0.4, 0.5) is 0 Å². The molecule has 2 atom stereocenters. The second kappa shape index (κ2) is 5.13. The quantitative estimate of drug-likeness (QED) is 0.837. The summed E-state index contributed by atoms with van der Waals surface area (Å²) in [4.78, 5) is 12.8. The molecule has 2 aliphatic heterocycles.